The quantitative estimate of drug-likeness (QED) is 0.236. The van der Waals surface area contributed by atoms with Crippen molar-refractivity contribution in [3.05, 3.63) is 76.0 Å². The van der Waals surface area contributed by atoms with Gasteiger partial charge < -0.3 is 14.5 Å². The average molecular weight is 626 g/mol. The Morgan fingerprint density at radius 3 is 2.52 bits per heavy atom. The van der Waals surface area contributed by atoms with Gasteiger partial charge in [0.1, 0.15) is 17.1 Å². The predicted octanol–water partition coefficient (Wildman–Crippen LogP) is 4.33. The van der Waals surface area contributed by atoms with Crippen LogP contribution < -0.4 is 10.3 Å². The number of pyridine rings is 1. The fraction of sp³-hybridized carbons (Fsp3) is 0.438. The lowest BCUT2D eigenvalue weighted by Crippen LogP contribution is -2.42. The number of ether oxygens (including phenoxy) is 2. The third kappa shape index (κ3) is 7.04. The number of fused-ring (bicyclic) bond motifs is 1. The summed E-state index contributed by atoms with van der Waals surface area (Å²) < 4.78 is 56.7. The van der Waals surface area contributed by atoms with Crippen LogP contribution in [0, 0.1) is 5.82 Å². The summed E-state index contributed by atoms with van der Waals surface area (Å²) in [6, 6.07) is 12.5. The highest BCUT2D eigenvalue weighted by Crippen LogP contribution is 2.34. The Hall–Kier alpha value is -3.58. The smallest absolute Gasteiger partial charge is 0.274 e. The Kier molecular flexibility index (Phi) is 10.1. The maximum absolute atomic E-state index is 14.3. The van der Waals surface area contributed by atoms with Crippen molar-refractivity contribution in [2.45, 2.75) is 44.6 Å². The van der Waals surface area contributed by atoms with E-state index in [0.717, 1.165) is 37.0 Å². The van der Waals surface area contributed by atoms with Crippen LogP contribution in [0.15, 0.2) is 58.2 Å². The second-order valence-corrected chi connectivity index (χ2v) is 13.0. The summed E-state index contributed by atoms with van der Waals surface area (Å²) in [7, 11) is -2.28. The Morgan fingerprint density at radius 1 is 1.07 bits per heavy atom. The SMILES string of the molecule is CCCOc1ccc(S(=O)(=O)N(CCN2CCOCC2)Cc2ccc(F)cc2)cc1-c1cc2c(CCC)nn(C)c2c(=O)[nH]1. The number of aromatic amines is 1. The van der Waals surface area contributed by atoms with E-state index in [-0.39, 0.29) is 29.4 Å². The fourth-order valence-electron chi connectivity index (χ4n) is 5.47. The summed E-state index contributed by atoms with van der Waals surface area (Å²) >= 11 is 0. The van der Waals surface area contributed by atoms with Gasteiger partial charge in [0.05, 0.1) is 36.1 Å². The molecule has 1 fully saturated rings. The van der Waals surface area contributed by atoms with Crippen molar-refractivity contribution in [3.8, 4) is 17.0 Å². The molecular weight excluding hydrogens is 585 g/mol. The summed E-state index contributed by atoms with van der Waals surface area (Å²) in [5, 5.41) is 5.29. The molecule has 236 valence electrons. The molecule has 0 spiro atoms. The molecule has 0 amide bonds. The van der Waals surface area contributed by atoms with Crippen molar-refractivity contribution in [1.29, 1.82) is 0 Å². The number of aryl methyl sites for hydroxylation is 2. The number of morpholine rings is 1. The van der Waals surface area contributed by atoms with Crippen LogP contribution >= 0.6 is 0 Å². The predicted molar refractivity (Wildman–Crippen MR) is 168 cm³/mol. The monoisotopic (exact) mass is 625 g/mol. The minimum Gasteiger partial charge on any atom is -0.493 e. The Morgan fingerprint density at radius 2 is 1.82 bits per heavy atom. The molecule has 3 heterocycles. The fourth-order valence-corrected chi connectivity index (χ4v) is 6.91. The van der Waals surface area contributed by atoms with E-state index in [0.29, 0.717) is 60.9 Å². The molecule has 1 N–H and O–H groups in total. The molecule has 2 aromatic carbocycles. The van der Waals surface area contributed by atoms with Crippen molar-refractivity contribution in [3.63, 3.8) is 0 Å². The van der Waals surface area contributed by atoms with Crippen LogP contribution in [-0.2, 0) is 34.8 Å². The molecular formula is C32H40FN5O5S. The molecule has 44 heavy (non-hydrogen) atoms. The molecule has 4 aromatic rings. The number of hydrogen-bond donors (Lipinski definition) is 1. The zero-order valence-corrected chi connectivity index (χ0v) is 26.3. The third-order valence-corrected chi connectivity index (χ3v) is 9.62. The van der Waals surface area contributed by atoms with E-state index in [1.165, 1.54) is 16.4 Å². The standard InChI is InChI=1S/C32H40FN5O5S/c1-4-6-28-27-21-29(34-32(39)31(27)36(3)35-28)26-20-25(11-12-30(26)43-17-5-2)44(40,41)38(14-13-37-15-18-42-19-16-37)22-23-7-9-24(33)10-8-23/h7-12,20-21H,4-6,13-19,22H2,1-3H3,(H,34,39). The molecule has 0 saturated carbocycles. The number of aromatic nitrogens is 3. The summed E-state index contributed by atoms with van der Waals surface area (Å²) in [5.74, 6) is 0.0885. The molecule has 1 aliphatic heterocycles. The minimum atomic E-state index is -4.03. The van der Waals surface area contributed by atoms with E-state index >= 15 is 0 Å². The highest BCUT2D eigenvalue weighted by molar-refractivity contribution is 7.89. The molecule has 1 saturated heterocycles. The van der Waals surface area contributed by atoms with Gasteiger partial charge in [-0.1, -0.05) is 32.4 Å². The van der Waals surface area contributed by atoms with Gasteiger partial charge in [-0.05, 0) is 54.8 Å². The van der Waals surface area contributed by atoms with Gasteiger partial charge in [0.15, 0.2) is 0 Å². The highest BCUT2D eigenvalue weighted by Gasteiger charge is 2.28. The Bertz CT molecular complexity index is 1750. The second kappa shape index (κ2) is 14.0. The molecule has 0 radical (unpaired) electrons. The van der Waals surface area contributed by atoms with Gasteiger partial charge in [-0.3, -0.25) is 14.4 Å². The third-order valence-electron chi connectivity index (χ3n) is 7.78. The number of sulfonamides is 1. The van der Waals surface area contributed by atoms with Gasteiger partial charge in [0.2, 0.25) is 10.0 Å². The molecule has 1 aliphatic rings. The topological polar surface area (TPSA) is 110 Å². The number of rotatable bonds is 13. The number of H-pyrrole nitrogens is 1. The molecule has 12 heteroatoms. The molecule has 10 nitrogen and oxygen atoms in total. The van der Waals surface area contributed by atoms with Crippen molar-refractivity contribution < 1.29 is 22.3 Å². The van der Waals surface area contributed by atoms with E-state index in [2.05, 4.69) is 21.9 Å². The summed E-state index contributed by atoms with van der Waals surface area (Å²) in [6.45, 7) is 7.97. The lowest BCUT2D eigenvalue weighted by molar-refractivity contribution is 0.0361. The molecule has 5 rings (SSSR count). The van der Waals surface area contributed by atoms with Gasteiger partial charge >= 0.3 is 0 Å². The van der Waals surface area contributed by atoms with Gasteiger partial charge in [-0.2, -0.15) is 9.40 Å². The number of halogens is 1. The zero-order chi connectivity index (χ0) is 31.3. The Balaban J connectivity index is 1.57. The first-order valence-corrected chi connectivity index (χ1v) is 16.6. The normalized spacial score (nSPS) is 14.5. The van der Waals surface area contributed by atoms with Gasteiger partial charge in [-0.15, -0.1) is 0 Å². The largest absolute Gasteiger partial charge is 0.493 e. The van der Waals surface area contributed by atoms with Crippen molar-refractivity contribution in [2.24, 2.45) is 7.05 Å². The Labute approximate surface area is 257 Å². The molecule has 2 aromatic heterocycles. The number of nitrogens with one attached hydrogen (secondary N) is 1. The number of nitrogens with zero attached hydrogens (tertiary/aromatic N) is 4. The summed E-state index contributed by atoms with van der Waals surface area (Å²) in [4.78, 5) is 18.5. The zero-order valence-electron chi connectivity index (χ0n) is 25.5. The van der Waals surface area contributed by atoms with E-state index < -0.39 is 10.0 Å². The van der Waals surface area contributed by atoms with Gasteiger partial charge in [0.25, 0.3) is 5.56 Å². The van der Waals surface area contributed by atoms with Gasteiger partial charge in [-0.25, -0.2) is 12.8 Å². The summed E-state index contributed by atoms with van der Waals surface area (Å²) in [6.07, 6.45) is 2.32. The average Bonchev–Trinajstić information content (AvgIpc) is 3.34. The van der Waals surface area contributed by atoms with E-state index in [1.54, 1.807) is 42.1 Å². The highest BCUT2D eigenvalue weighted by atomic mass is 32.2. The van der Waals surface area contributed by atoms with E-state index in [1.807, 2.05) is 13.0 Å². The lowest BCUT2D eigenvalue weighted by Gasteiger charge is -2.30. The van der Waals surface area contributed by atoms with Crippen LogP contribution in [-0.4, -0.2) is 78.4 Å². The van der Waals surface area contributed by atoms with Crippen LogP contribution in [0.25, 0.3) is 22.2 Å². The van der Waals surface area contributed by atoms with Crippen LogP contribution in [0.2, 0.25) is 0 Å². The van der Waals surface area contributed by atoms with Crippen molar-refractivity contribution in [1.82, 2.24) is 24.0 Å². The van der Waals surface area contributed by atoms with E-state index in [4.69, 9.17) is 9.47 Å². The maximum atomic E-state index is 14.3. The first-order valence-electron chi connectivity index (χ1n) is 15.1. The van der Waals surface area contributed by atoms with E-state index in [9.17, 15) is 17.6 Å². The second-order valence-electron chi connectivity index (χ2n) is 11.0. The molecule has 0 aliphatic carbocycles. The van der Waals surface area contributed by atoms with Crippen LogP contribution in [0.4, 0.5) is 4.39 Å². The summed E-state index contributed by atoms with van der Waals surface area (Å²) in [5.41, 5.74) is 2.56. The lowest BCUT2D eigenvalue weighted by atomic mass is 10.1. The van der Waals surface area contributed by atoms with Crippen molar-refractivity contribution >= 4 is 20.9 Å². The molecule has 0 unspecified atom stereocenters. The van der Waals surface area contributed by atoms with Gasteiger partial charge in [0, 0.05) is 50.7 Å². The van der Waals surface area contributed by atoms with Crippen LogP contribution in [0.3, 0.4) is 0 Å². The molecule has 0 bridgehead atoms. The van der Waals surface area contributed by atoms with Crippen molar-refractivity contribution in [2.75, 3.05) is 46.0 Å². The van der Waals surface area contributed by atoms with Crippen LogP contribution in [0.1, 0.15) is 37.9 Å². The minimum absolute atomic E-state index is 0.0707. The number of hydrogen-bond acceptors (Lipinski definition) is 7. The maximum Gasteiger partial charge on any atom is 0.274 e. The van der Waals surface area contributed by atoms with Crippen LogP contribution in [0.5, 0.6) is 5.75 Å². The first-order chi connectivity index (χ1) is 21.2. The first kappa shape index (κ1) is 31.8. The number of benzene rings is 2. The molecule has 0 atom stereocenters.